The third kappa shape index (κ3) is 15.1. The molecule has 0 amide bonds. The highest BCUT2D eigenvalue weighted by molar-refractivity contribution is 7.09. The Morgan fingerprint density at radius 1 is 0.147 bits per heavy atom. The smallest absolute Gasteiger partial charge is 0.346 e. The monoisotopic (exact) mass is 1640 g/mol. The van der Waals surface area contributed by atoms with E-state index in [0.29, 0.717) is 43.1 Å². The molecule has 17 aromatic rings. The van der Waals surface area contributed by atoms with Gasteiger partial charge in [-0.1, -0.05) is 459 Å². The van der Waals surface area contributed by atoms with Gasteiger partial charge in [-0.25, -0.2) is 0 Å². The van der Waals surface area contributed by atoms with Crippen molar-refractivity contribution in [2.75, 3.05) is 0 Å². The van der Waals surface area contributed by atoms with E-state index in [1.165, 1.54) is 0 Å². The summed E-state index contributed by atoms with van der Waals surface area (Å²) in [5.41, 5.74) is 5.60. The summed E-state index contributed by atoms with van der Waals surface area (Å²) in [5.74, 6) is 1.37. The van der Waals surface area contributed by atoms with Crippen molar-refractivity contribution in [3.8, 4) is 23.0 Å². The van der Waals surface area contributed by atoms with E-state index in [-0.39, 0.29) is 0 Å². The highest BCUT2D eigenvalue weighted by Gasteiger charge is 2.49. The van der Waals surface area contributed by atoms with Crippen LogP contribution in [-0.4, -0.2) is 33.3 Å². The van der Waals surface area contributed by atoms with E-state index < -0.39 is 45.1 Å². The minimum absolute atomic E-state index is 0.442. The molecule has 17 rings (SSSR count). The third-order valence-corrected chi connectivity index (χ3v) is 39.0. The van der Waals surface area contributed by atoms with Crippen LogP contribution >= 0.6 is 46.4 Å². The molecule has 0 N–H and O–H groups in total. The zero-order valence-electron chi connectivity index (χ0n) is 63.2. The van der Waals surface area contributed by atoms with Gasteiger partial charge in [0.05, 0.1) is 20.1 Å². The van der Waals surface area contributed by atoms with Gasteiger partial charge in [-0.15, -0.1) is 0 Å². The molecular weight excluding hydrogens is 1570 g/mol. The van der Waals surface area contributed by atoms with Crippen LogP contribution in [0.25, 0.3) is 0 Å². The summed E-state index contributed by atoms with van der Waals surface area (Å²) in [5, 5.41) is 14.8. The second-order valence-corrected chi connectivity index (χ2v) is 43.6. The van der Waals surface area contributed by atoms with Crippen molar-refractivity contribution in [2.24, 2.45) is 0 Å². The van der Waals surface area contributed by atoms with E-state index in [1.54, 1.807) is 0 Å². The van der Waals surface area contributed by atoms with Crippen molar-refractivity contribution < 1.29 is 17.7 Å². The first-order valence-electron chi connectivity index (χ1n) is 38.8. The molecule has 12 heteroatoms. The lowest BCUT2D eigenvalue weighted by Gasteiger charge is -2.34. The molecule has 0 spiro atoms. The van der Waals surface area contributed by atoms with Crippen LogP contribution in [0.1, 0.15) is 45.2 Å². The molecule has 0 radical (unpaired) electrons. The Hall–Kier alpha value is -12.0. The highest BCUT2D eigenvalue weighted by Crippen LogP contribution is 2.44. The quantitative estimate of drug-likeness (QED) is 0.0400. The van der Waals surface area contributed by atoms with E-state index in [0.717, 1.165) is 95.6 Å². The van der Waals surface area contributed by atoms with Gasteiger partial charge in [-0.2, -0.15) is 0 Å². The molecule has 0 aliphatic heterocycles. The summed E-state index contributed by atoms with van der Waals surface area (Å²) in [7, 11) is -13.2. The van der Waals surface area contributed by atoms with Gasteiger partial charge in [0.2, 0.25) is 0 Å². The molecule has 0 unspecified atom stereocenters. The van der Waals surface area contributed by atoms with Crippen molar-refractivity contribution >= 4 is 142 Å². The SMILES string of the molecule is Clc1cc(C(c2ccc(C(c3ccc(O[Si](c4ccccc4)(c4ccccc4)c4ccccc4)c(Cl)c3)c3ccc(O[Si](c4ccccc4)(c4ccccc4)c4ccccc4)c(Cl)c3)cc2)c2ccc(O[Si](c3ccccc3)(c3ccccc3)c3ccccc3)c(Cl)c2)ccc1O[Si](c1ccccc1)(c1ccccc1)c1ccccc1. The molecule has 17 aromatic carbocycles. The van der Waals surface area contributed by atoms with Crippen LogP contribution in [0.2, 0.25) is 20.1 Å². The second-order valence-electron chi connectivity index (χ2n) is 28.8. The van der Waals surface area contributed by atoms with Crippen LogP contribution in [0.15, 0.2) is 461 Å². The molecule has 0 fully saturated rings. The van der Waals surface area contributed by atoms with Crippen LogP contribution in [0.3, 0.4) is 0 Å². The lowest BCUT2D eigenvalue weighted by atomic mass is 9.81. The fourth-order valence-corrected chi connectivity index (χ4v) is 33.2. The summed E-state index contributed by atoms with van der Waals surface area (Å²) < 4.78 is 30.8. The molecule has 0 saturated carbocycles. The Bertz CT molecular complexity index is 5000. The minimum Gasteiger partial charge on any atom is -0.529 e. The van der Waals surface area contributed by atoms with Gasteiger partial charge in [0.15, 0.2) is 0 Å². The zero-order valence-corrected chi connectivity index (χ0v) is 70.2. The average molecular weight is 1650 g/mol. The van der Waals surface area contributed by atoms with Crippen LogP contribution in [0.5, 0.6) is 23.0 Å². The first-order chi connectivity index (χ1) is 57.1. The third-order valence-electron chi connectivity index (χ3n) is 22.0. The fraction of sp³-hybridized carbons (Fsp3) is 0.0192. The number of rotatable bonds is 26. The molecule has 0 aliphatic rings. The molecule has 0 aliphatic carbocycles. The normalized spacial score (nSPS) is 11.8. The van der Waals surface area contributed by atoms with Crippen molar-refractivity contribution in [3.63, 3.8) is 0 Å². The summed E-state index contributed by atoms with van der Waals surface area (Å²) >= 11 is 31.4. The van der Waals surface area contributed by atoms with Crippen LogP contribution in [0, 0.1) is 0 Å². The molecule has 562 valence electrons. The van der Waals surface area contributed by atoms with Gasteiger partial charge < -0.3 is 17.7 Å². The molecule has 0 bridgehead atoms. The topological polar surface area (TPSA) is 36.9 Å². The molecule has 116 heavy (non-hydrogen) atoms. The average Bonchev–Trinajstić information content (AvgIpc) is 0.759. The Balaban J connectivity index is 0.818. The van der Waals surface area contributed by atoms with Crippen molar-refractivity contribution in [1.29, 1.82) is 0 Å². The maximum atomic E-state index is 7.85. The predicted molar refractivity (Wildman–Crippen MR) is 493 cm³/mol. The largest absolute Gasteiger partial charge is 0.529 e. The Morgan fingerprint density at radius 2 is 0.267 bits per heavy atom. The second kappa shape index (κ2) is 34.6. The minimum atomic E-state index is -3.31. The van der Waals surface area contributed by atoms with E-state index >= 15 is 0 Å². The van der Waals surface area contributed by atoms with Crippen LogP contribution in [-0.2, 0) is 0 Å². The standard InChI is InChI=1S/C104H78Cl4O4Si4/c105-95-73-79(65-69-99(95)109-113(83-37-13-1-14-38-83,84-39-15-2-16-40-84)85-41-17-3-18-42-85)103(80-66-70-100(96(106)74-80)110-114(86-43-19-4-20-44-86,87-45-21-5-22-46-87)88-47-23-6-24-48-88)77-61-63-78(64-62-77)104(81-67-71-101(97(107)75-81)111-115(89-49-25-7-26-50-89,90-51-27-8-28-52-90)91-53-29-9-30-54-91)82-68-72-102(98(108)76-82)112-116(92-55-31-10-32-56-92,93-57-33-11-34-58-93)94-59-35-12-36-60-94/h1-76,103-104H. The van der Waals surface area contributed by atoms with Gasteiger partial charge in [0.25, 0.3) is 0 Å². The van der Waals surface area contributed by atoms with Gasteiger partial charge in [-0.3, -0.25) is 0 Å². The van der Waals surface area contributed by atoms with Crippen molar-refractivity contribution in [3.05, 3.63) is 515 Å². The summed E-state index contributed by atoms with van der Waals surface area (Å²) in [6.45, 7) is 0. The van der Waals surface area contributed by atoms with Gasteiger partial charge in [-0.05, 0) is 144 Å². The summed E-state index contributed by atoms with van der Waals surface area (Å²) in [6, 6.07) is 160. The molecule has 0 saturated heterocycles. The fourth-order valence-electron chi connectivity index (χ4n) is 16.6. The zero-order chi connectivity index (χ0) is 78.7. The number of hydrogen-bond donors (Lipinski definition) is 0. The van der Waals surface area contributed by atoms with E-state index in [2.05, 4.69) is 364 Å². The lowest BCUT2D eigenvalue weighted by molar-refractivity contribution is 0.576. The van der Waals surface area contributed by atoms with Gasteiger partial charge in [0, 0.05) is 11.8 Å². The Kier molecular flexibility index (Phi) is 22.8. The van der Waals surface area contributed by atoms with E-state index in [9.17, 15) is 0 Å². The summed E-state index contributed by atoms with van der Waals surface area (Å²) in [4.78, 5) is 0. The summed E-state index contributed by atoms with van der Waals surface area (Å²) in [6.07, 6.45) is 0. The molecule has 0 aromatic heterocycles. The maximum absolute atomic E-state index is 7.85. The van der Waals surface area contributed by atoms with Gasteiger partial charge >= 0.3 is 33.3 Å². The number of benzene rings is 17. The highest BCUT2D eigenvalue weighted by atomic mass is 35.5. The first-order valence-corrected chi connectivity index (χ1v) is 48.0. The predicted octanol–water partition coefficient (Wildman–Crippen LogP) is 18.8. The number of hydrogen-bond acceptors (Lipinski definition) is 4. The molecular formula is C104H78Cl4O4Si4. The first kappa shape index (κ1) is 76.6. The van der Waals surface area contributed by atoms with E-state index in [1.807, 2.05) is 97.1 Å². The Labute approximate surface area is 703 Å². The maximum Gasteiger partial charge on any atom is 0.346 e. The molecule has 0 heterocycles. The number of halogens is 4. The van der Waals surface area contributed by atoms with Gasteiger partial charge in [0.1, 0.15) is 23.0 Å². The van der Waals surface area contributed by atoms with Crippen molar-refractivity contribution in [2.45, 2.75) is 11.8 Å². The molecule has 4 nitrogen and oxygen atoms in total. The Morgan fingerprint density at radius 3 is 0.388 bits per heavy atom. The lowest BCUT2D eigenvalue weighted by Crippen LogP contribution is -2.71. The van der Waals surface area contributed by atoms with Crippen molar-refractivity contribution in [1.82, 2.24) is 0 Å². The molecule has 0 atom stereocenters. The van der Waals surface area contributed by atoms with Crippen LogP contribution in [0.4, 0.5) is 0 Å². The van der Waals surface area contributed by atoms with E-state index in [4.69, 9.17) is 64.1 Å². The van der Waals surface area contributed by atoms with Crippen LogP contribution < -0.4 is 79.9 Å².